The lowest BCUT2D eigenvalue weighted by molar-refractivity contribution is -0.168. The van der Waals surface area contributed by atoms with Crippen LogP contribution in [0.15, 0.2) is 18.2 Å². The highest BCUT2D eigenvalue weighted by Crippen LogP contribution is 2.39. The zero-order valence-electron chi connectivity index (χ0n) is 11.7. The van der Waals surface area contributed by atoms with Crippen LogP contribution in [0.25, 0.3) is 0 Å². The summed E-state index contributed by atoms with van der Waals surface area (Å²) in [4.78, 5) is 35.5. The van der Waals surface area contributed by atoms with Crippen LogP contribution in [0.5, 0.6) is 0 Å². The van der Waals surface area contributed by atoms with Gasteiger partial charge in [-0.2, -0.15) is 0 Å². The summed E-state index contributed by atoms with van der Waals surface area (Å²) < 4.78 is 9.53. The predicted molar refractivity (Wildman–Crippen MR) is 70.3 cm³/mol. The van der Waals surface area contributed by atoms with Gasteiger partial charge in [-0.05, 0) is 37.0 Å². The van der Waals surface area contributed by atoms with Gasteiger partial charge in [0.2, 0.25) is 0 Å². The molecule has 0 N–H and O–H groups in total. The normalized spacial score (nSPS) is 15.3. The fourth-order valence-electron chi connectivity index (χ4n) is 2.66. The van der Waals surface area contributed by atoms with E-state index in [1.807, 2.05) is 0 Å². The Morgan fingerprint density at radius 2 is 1.55 bits per heavy atom. The number of ether oxygens (including phenoxy) is 2. The quantitative estimate of drug-likeness (QED) is 0.473. The number of fused-ring (bicyclic) bond motifs is 1. The fourth-order valence-corrected chi connectivity index (χ4v) is 2.66. The summed E-state index contributed by atoms with van der Waals surface area (Å²) in [5.74, 6) is -1.27. The Morgan fingerprint density at radius 3 is 2.05 bits per heavy atom. The van der Waals surface area contributed by atoms with Gasteiger partial charge in [0, 0.05) is 5.56 Å². The minimum atomic E-state index is -1.33. The first kappa shape index (κ1) is 14.2. The Bertz CT molecular complexity index is 572. The number of Topliss-reactive ketones (excluding diaryl/α,β-unsaturated/α-hetero) is 1. The van der Waals surface area contributed by atoms with Crippen molar-refractivity contribution in [1.29, 1.82) is 0 Å². The van der Waals surface area contributed by atoms with Crippen molar-refractivity contribution in [2.75, 3.05) is 14.2 Å². The summed E-state index contributed by atoms with van der Waals surface area (Å²) in [5, 5.41) is 0. The van der Waals surface area contributed by atoms with Gasteiger partial charge in [-0.15, -0.1) is 0 Å². The molecular formula is C15H16O5. The van der Waals surface area contributed by atoms with E-state index in [0.717, 1.165) is 11.1 Å². The van der Waals surface area contributed by atoms with Crippen LogP contribution in [-0.2, 0) is 31.9 Å². The average Bonchev–Trinajstić information content (AvgIpc) is 2.84. The molecule has 0 atom stereocenters. The Labute approximate surface area is 116 Å². The Balaban J connectivity index is 2.44. The molecule has 106 valence electrons. The average molecular weight is 276 g/mol. The third kappa shape index (κ3) is 2.09. The smallest absolute Gasteiger partial charge is 0.323 e. The number of methoxy groups -OCH3 is 2. The Morgan fingerprint density at radius 1 is 1.00 bits per heavy atom. The monoisotopic (exact) mass is 276 g/mol. The van der Waals surface area contributed by atoms with Gasteiger partial charge in [0.15, 0.2) is 11.2 Å². The maximum absolute atomic E-state index is 12.0. The maximum atomic E-state index is 12.0. The topological polar surface area (TPSA) is 69.7 Å². The Hall–Kier alpha value is -2.17. The van der Waals surface area contributed by atoms with E-state index in [-0.39, 0.29) is 18.6 Å². The molecular weight excluding hydrogens is 260 g/mol. The van der Waals surface area contributed by atoms with Crippen LogP contribution in [0.2, 0.25) is 0 Å². The zero-order chi connectivity index (χ0) is 14.9. The molecule has 0 saturated carbocycles. The molecule has 1 aromatic rings. The van der Waals surface area contributed by atoms with Crippen molar-refractivity contribution in [1.82, 2.24) is 0 Å². The van der Waals surface area contributed by atoms with Crippen LogP contribution >= 0.6 is 0 Å². The lowest BCUT2D eigenvalue weighted by Crippen LogP contribution is -2.42. The van der Waals surface area contributed by atoms with Crippen LogP contribution in [0, 0.1) is 5.41 Å². The van der Waals surface area contributed by atoms with Gasteiger partial charge in [0.1, 0.15) is 0 Å². The van der Waals surface area contributed by atoms with E-state index in [9.17, 15) is 14.4 Å². The minimum Gasteiger partial charge on any atom is -0.468 e. The van der Waals surface area contributed by atoms with E-state index < -0.39 is 17.4 Å². The van der Waals surface area contributed by atoms with Gasteiger partial charge in [0.05, 0.1) is 14.2 Å². The van der Waals surface area contributed by atoms with Gasteiger partial charge in [-0.3, -0.25) is 14.4 Å². The lowest BCUT2D eigenvalue weighted by atomic mass is 9.85. The van der Waals surface area contributed by atoms with Gasteiger partial charge in [0.25, 0.3) is 0 Å². The molecule has 0 unspecified atom stereocenters. The standard InChI is InChI=1S/C15H16O5/c1-9(16)10-4-5-11-7-15(13(17)19-2,14(18)20-3)8-12(11)6-10/h4-6H,7-8H2,1-3H3. The maximum Gasteiger partial charge on any atom is 0.323 e. The van der Waals surface area contributed by atoms with Crippen LogP contribution in [-0.4, -0.2) is 31.9 Å². The predicted octanol–water partition coefficient (Wildman–Crippen LogP) is 1.32. The summed E-state index contributed by atoms with van der Waals surface area (Å²) in [6.07, 6.45) is 0.433. The SMILES string of the molecule is COC(=O)C1(C(=O)OC)Cc2ccc(C(C)=O)cc2C1. The zero-order valence-corrected chi connectivity index (χ0v) is 11.7. The first-order valence-corrected chi connectivity index (χ1v) is 6.24. The van der Waals surface area contributed by atoms with Crippen molar-refractivity contribution in [2.45, 2.75) is 19.8 Å². The minimum absolute atomic E-state index is 0.0542. The number of rotatable bonds is 3. The molecule has 0 radical (unpaired) electrons. The molecule has 1 aromatic carbocycles. The second-order valence-electron chi connectivity index (χ2n) is 4.96. The largest absolute Gasteiger partial charge is 0.468 e. The molecule has 0 aliphatic heterocycles. The van der Waals surface area contributed by atoms with E-state index in [1.165, 1.54) is 21.1 Å². The summed E-state index contributed by atoms with van der Waals surface area (Å²) in [5.41, 5.74) is 0.912. The van der Waals surface area contributed by atoms with E-state index >= 15 is 0 Å². The second-order valence-corrected chi connectivity index (χ2v) is 4.96. The molecule has 5 nitrogen and oxygen atoms in total. The first-order valence-electron chi connectivity index (χ1n) is 6.24. The number of carbonyl (C=O) groups excluding carboxylic acids is 3. The van der Waals surface area contributed by atoms with Crippen LogP contribution < -0.4 is 0 Å². The molecule has 0 bridgehead atoms. The summed E-state index contributed by atoms with van der Waals surface area (Å²) in [6.45, 7) is 1.48. The van der Waals surface area contributed by atoms with E-state index in [0.29, 0.717) is 5.56 Å². The van der Waals surface area contributed by atoms with Crippen molar-refractivity contribution >= 4 is 17.7 Å². The number of esters is 2. The highest BCUT2D eigenvalue weighted by atomic mass is 16.5. The van der Waals surface area contributed by atoms with Crippen molar-refractivity contribution < 1.29 is 23.9 Å². The Kier molecular flexibility index (Phi) is 3.61. The molecule has 0 saturated heterocycles. The van der Waals surface area contributed by atoms with Gasteiger partial charge in [-0.25, -0.2) is 0 Å². The molecule has 0 spiro atoms. The first-order chi connectivity index (χ1) is 9.44. The number of carbonyl (C=O) groups is 3. The molecule has 5 heteroatoms. The highest BCUT2D eigenvalue weighted by Gasteiger charge is 2.52. The summed E-state index contributed by atoms with van der Waals surface area (Å²) in [6, 6.07) is 5.21. The van der Waals surface area contributed by atoms with Crippen molar-refractivity contribution in [3.63, 3.8) is 0 Å². The number of benzene rings is 1. The fraction of sp³-hybridized carbons (Fsp3) is 0.400. The third-order valence-electron chi connectivity index (χ3n) is 3.75. The highest BCUT2D eigenvalue weighted by molar-refractivity contribution is 6.02. The number of ketones is 1. The molecule has 1 aliphatic carbocycles. The molecule has 20 heavy (non-hydrogen) atoms. The summed E-state index contributed by atoms with van der Waals surface area (Å²) >= 11 is 0. The summed E-state index contributed by atoms with van der Waals surface area (Å²) in [7, 11) is 2.49. The van der Waals surface area contributed by atoms with Crippen LogP contribution in [0.3, 0.4) is 0 Å². The van der Waals surface area contributed by atoms with E-state index in [4.69, 9.17) is 9.47 Å². The van der Waals surface area contributed by atoms with E-state index in [1.54, 1.807) is 18.2 Å². The molecule has 1 aliphatic rings. The van der Waals surface area contributed by atoms with Gasteiger partial charge < -0.3 is 9.47 Å². The third-order valence-corrected chi connectivity index (χ3v) is 3.75. The number of hydrogen-bond donors (Lipinski definition) is 0. The molecule has 0 fully saturated rings. The molecule has 0 heterocycles. The van der Waals surface area contributed by atoms with Crippen LogP contribution in [0.4, 0.5) is 0 Å². The van der Waals surface area contributed by atoms with Crippen LogP contribution in [0.1, 0.15) is 28.4 Å². The molecule has 2 rings (SSSR count). The van der Waals surface area contributed by atoms with Crippen molar-refractivity contribution in [2.24, 2.45) is 5.41 Å². The van der Waals surface area contributed by atoms with Crippen molar-refractivity contribution in [3.8, 4) is 0 Å². The van der Waals surface area contributed by atoms with Crippen molar-refractivity contribution in [3.05, 3.63) is 34.9 Å². The van der Waals surface area contributed by atoms with Gasteiger partial charge >= 0.3 is 11.9 Å². The second kappa shape index (κ2) is 5.07. The lowest BCUT2D eigenvalue weighted by Gasteiger charge is -2.22. The molecule has 0 amide bonds. The molecule has 0 aromatic heterocycles. The van der Waals surface area contributed by atoms with Gasteiger partial charge in [-0.1, -0.05) is 12.1 Å². The number of hydrogen-bond acceptors (Lipinski definition) is 5. The van der Waals surface area contributed by atoms with E-state index in [2.05, 4.69) is 0 Å².